The molecular weight excluding hydrogens is 391 g/mol. The number of hydrogen-bond donors (Lipinski definition) is 2. The molecule has 2 aromatic rings. The molecule has 1 saturated heterocycles. The van der Waals surface area contributed by atoms with E-state index < -0.39 is 29.2 Å². The summed E-state index contributed by atoms with van der Waals surface area (Å²) in [5.41, 5.74) is -1.18. The standard InChI is InChI=1S/C19H20F3N3O4/c1-11(12-3-5-13(6-4-12)19(20,21)22)23-16(27)14-7-15(26)25-17(24-14)29-10-18(2)8-28-9-18/h3-7,11H,8-10H2,1-2H3,(H,23,27)(H,24,25,26). The first-order chi connectivity index (χ1) is 13.6. The molecule has 1 atom stereocenters. The van der Waals surface area contributed by atoms with Gasteiger partial charge in [0.25, 0.3) is 17.5 Å². The molecule has 1 aromatic carbocycles. The van der Waals surface area contributed by atoms with Gasteiger partial charge in [-0.1, -0.05) is 19.1 Å². The second-order valence-corrected chi connectivity index (χ2v) is 7.34. The molecular formula is C19H20F3N3O4. The summed E-state index contributed by atoms with van der Waals surface area (Å²) in [6, 6.07) is 4.80. The van der Waals surface area contributed by atoms with E-state index in [-0.39, 0.29) is 23.7 Å². The number of carbonyl (C=O) groups is 1. The first-order valence-electron chi connectivity index (χ1n) is 8.86. The fourth-order valence-electron chi connectivity index (χ4n) is 2.71. The molecule has 156 valence electrons. The van der Waals surface area contributed by atoms with Gasteiger partial charge < -0.3 is 14.8 Å². The number of aromatic amines is 1. The zero-order chi connectivity index (χ0) is 21.2. The van der Waals surface area contributed by atoms with Crippen LogP contribution in [0.25, 0.3) is 0 Å². The lowest BCUT2D eigenvalue weighted by Crippen LogP contribution is -2.44. The summed E-state index contributed by atoms with van der Waals surface area (Å²) < 4.78 is 48.6. The fourth-order valence-corrected chi connectivity index (χ4v) is 2.71. The lowest BCUT2D eigenvalue weighted by atomic mass is 9.90. The molecule has 0 aliphatic carbocycles. The third-order valence-corrected chi connectivity index (χ3v) is 4.50. The molecule has 0 bridgehead atoms. The first-order valence-corrected chi connectivity index (χ1v) is 8.86. The number of alkyl halides is 3. The van der Waals surface area contributed by atoms with Crippen molar-refractivity contribution in [1.82, 2.24) is 15.3 Å². The zero-order valence-electron chi connectivity index (χ0n) is 15.8. The van der Waals surface area contributed by atoms with E-state index in [0.717, 1.165) is 18.2 Å². The summed E-state index contributed by atoms with van der Waals surface area (Å²) in [4.78, 5) is 30.7. The number of ether oxygens (including phenoxy) is 2. The van der Waals surface area contributed by atoms with Crippen molar-refractivity contribution in [2.24, 2.45) is 5.41 Å². The number of benzene rings is 1. The van der Waals surface area contributed by atoms with Crippen molar-refractivity contribution >= 4 is 5.91 Å². The Morgan fingerprint density at radius 3 is 2.55 bits per heavy atom. The molecule has 1 aromatic heterocycles. The Hall–Kier alpha value is -2.88. The highest BCUT2D eigenvalue weighted by atomic mass is 19.4. The molecule has 0 spiro atoms. The average molecular weight is 411 g/mol. The normalized spacial score (nSPS) is 16.6. The second-order valence-electron chi connectivity index (χ2n) is 7.34. The number of hydrogen-bond acceptors (Lipinski definition) is 5. The number of H-pyrrole nitrogens is 1. The van der Waals surface area contributed by atoms with Crippen molar-refractivity contribution in [3.05, 3.63) is 57.5 Å². The summed E-state index contributed by atoms with van der Waals surface area (Å²) in [5, 5.41) is 2.61. The zero-order valence-corrected chi connectivity index (χ0v) is 15.8. The minimum absolute atomic E-state index is 0.0852. The lowest BCUT2D eigenvalue weighted by molar-refractivity contribution is -0.137. The average Bonchev–Trinajstić information content (AvgIpc) is 2.63. The molecule has 3 rings (SSSR count). The smallest absolute Gasteiger partial charge is 0.416 e. The van der Waals surface area contributed by atoms with Crippen molar-refractivity contribution in [3.8, 4) is 6.01 Å². The Balaban J connectivity index is 1.67. The summed E-state index contributed by atoms with van der Waals surface area (Å²) >= 11 is 0. The van der Waals surface area contributed by atoms with E-state index in [1.165, 1.54) is 12.1 Å². The number of halogens is 3. The van der Waals surface area contributed by atoms with Crippen LogP contribution in [-0.2, 0) is 10.9 Å². The van der Waals surface area contributed by atoms with Gasteiger partial charge in [0.1, 0.15) is 12.3 Å². The van der Waals surface area contributed by atoms with Crippen molar-refractivity contribution in [3.63, 3.8) is 0 Å². The molecule has 10 heteroatoms. The third-order valence-electron chi connectivity index (χ3n) is 4.50. The van der Waals surface area contributed by atoms with Gasteiger partial charge in [-0.25, -0.2) is 0 Å². The van der Waals surface area contributed by atoms with Crippen LogP contribution in [0.3, 0.4) is 0 Å². The van der Waals surface area contributed by atoms with Crippen LogP contribution in [-0.4, -0.2) is 35.7 Å². The van der Waals surface area contributed by atoms with Crippen LogP contribution < -0.4 is 15.6 Å². The predicted octanol–water partition coefficient (Wildman–Crippen LogP) is 2.70. The molecule has 2 heterocycles. The number of rotatable bonds is 6. The van der Waals surface area contributed by atoms with Gasteiger partial charge in [0.05, 0.1) is 24.8 Å². The van der Waals surface area contributed by atoms with Crippen molar-refractivity contribution in [2.75, 3.05) is 19.8 Å². The Bertz CT molecular complexity index is 937. The predicted molar refractivity (Wildman–Crippen MR) is 96.6 cm³/mol. The Labute approximate surface area is 164 Å². The van der Waals surface area contributed by atoms with Gasteiger partial charge in [-0.05, 0) is 24.6 Å². The molecule has 1 amide bonds. The number of carbonyl (C=O) groups excluding carboxylic acids is 1. The van der Waals surface area contributed by atoms with Crippen LogP contribution in [0.4, 0.5) is 13.2 Å². The maximum absolute atomic E-state index is 12.7. The van der Waals surface area contributed by atoms with Gasteiger partial charge in [0.15, 0.2) is 0 Å². The minimum atomic E-state index is -4.43. The monoisotopic (exact) mass is 411 g/mol. The summed E-state index contributed by atoms with van der Waals surface area (Å²) in [5.74, 6) is -0.647. The molecule has 29 heavy (non-hydrogen) atoms. The van der Waals surface area contributed by atoms with Crippen LogP contribution >= 0.6 is 0 Å². The first kappa shape index (κ1) is 20.8. The van der Waals surface area contributed by atoms with E-state index in [2.05, 4.69) is 15.3 Å². The maximum atomic E-state index is 12.7. The van der Waals surface area contributed by atoms with Crippen LogP contribution in [0.15, 0.2) is 35.1 Å². The van der Waals surface area contributed by atoms with Crippen molar-refractivity contribution < 1.29 is 27.4 Å². The Morgan fingerprint density at radius 2 is 2.00 bits per heavy atom. The maximum Gasteiger partial charge on any atom is 0.416 e. The molecule has 2 N–H and O–H groups in total. The third kappa shape index (κ3) is 5.14. The lowest BCUT2D eigenvalue weighted by Gasteiger charge is -2.37. The van der Waals surface area contributed by atoms with E-state index in [1.807, 2.05) is 6.92 Å². The quantitative estimate of drug-likeness (QED) is 0.763. The highest BCUT2D eigenvalue weighted by Gasteiger charge is 2.34. The minimum Gasteiger partial charge on any atom is -0.464 e. The topological polar surface area (TPSA) is 93.3 Å². The van der Waals surface area contributed by atoms with Crippen molar-refractivity contribution in [1.29, 1.82) is 0 Å². The van der Waals surface area contributed by atoms with Gasteiger partial charge in [-0.2, -0.15) is 18.2 Å². The number of nitrogens with one attached hydrogen (secondary N) is 2. The highest BCUT2D eigenvalue weighted by Crippen LogP contribution is 2.30. The van der Waals surface area contributed by atoms with Gasteiger partial charge in [-0.3, -0.25) is 14.6 Å². The summed E-state index contributed by atoms with van der Waals surface area (Å²) in [6.07, 6.45) is -4.43. The van der Waals surface area contributed by atoms with E-state index in [0.29, 0.717) is 18.8 Å². The molecule has 0 radical (unpaired) electrons. The second kappa shape index (κ2) is 7.86. The number of aromatic nitrogens is 2. The molecule has 1 unspecified atom stereocenters. The van der Waals surface area contributed by atoms with Crippen LogP contribution in [0.5, 0.6) is 6.01 Å². The highest BCUT2D eigenvalue weighted by molar-refractivity contribution is 5.92. The van der Waals surface area contributed by atoms with Crippen LogP contribution in [0.1, 0.15) is 41.5 Å². The van der Waals surface area contributed by atoms with E-state index in [1.54, 1.807) is 6.92 Å². The molecule has 7 nitrogen and oxygen atoms in total. The van der Waals surface area contributed by atoms with E-state index in [9.17, 15) is 22.8 Å². The van der Waals surface area contributed by atoms with Gasteiger partial charge in [-0.15, -0.1) is 0 Å². The number of amides is 1. The number of nitrogens with zero attached hydrogens (tertiary/aromatic N) is 1. The fraction of sp³-hybridized carbons (Fsp3) is 0.421. The van der Waals surface area contributed by atoms with Gasteiger partial charge in [0.2, 0.25) is 0 Å². The van der Waals surface area contributed by atoms with E-state index in [4.69, 9.17) is 9.47 Å². The Kier molecular flexibility index (Phi) is 5.65. The molecule has 1 aliphatic rings. The molecule has 0 saturated carbocycles. The van der Waals surface area contributed by atoms with Crippen LogP contribution in [0, 0.1) is 5.41 Å². The van der Waals surface area contributed by atoms with Gasteiger partial charge >= 0.3 is 6.18 Å². The summed E-state index contributed by atoms with van der Waals surface area (Å²) in [7, 11) is 0. The van der Waals surface area contributed by atoms with Crippen molar-refractivity contribution in [2.45, 2.75) is 26.1 Å². The van der Waals surface area contributed by atoms with Gasteiger partial charge in [0, 0.05) is 11.5 Å². The largest absolute Gasteiger partial charge is 0.464 e. The summed E-state index contributed by atoms with van der Waals surface area (Å²) in [6.45, 7) is 4.90. The SMILES string of the molecule is CC(NC(=O)c1cc(=O)[nH]c(OCC2(C)COC2)n1)c1ccc(C(F)(F)F)cc1. The Morgan fingerprint density at radius 1 is 1.34 bits per heavy atom. The van der Waals surface area contributed by atoms with Crippen LogP contribution in [0.2, 0.25) is 0 Å². The molecule has 1 fully saturated rings. The molecule has 1 aliphatic heterocycles. The van der Waals surface area contributed by atoms with E-state index >= 15 is 0 Å².